The molecular weight excluding hydrogens is 1010 g/mol. The van der Waals surface area contributed by atoms with E-state index in [-0.39, 0.29) is 0 Å². The van der Waals surface area contributed by atoms with E-state index in [1.165, 1.54) is 43.5 Å². The van der Waals surface area contributed by atoms with Gasteiger partial charge in [-0.25, -0.2) is 19.9 Å². The lowest BCUT2D eigenvalue weighted by molar-refractivity contribution is 1.18. The van der Waals surface area contributed by atoms with E-state index >= 15 is 0 Å². The molecule has 0 aliphatic carbocycles. The molecule has 2 aromatic heterocycles. The maximum absolute atomic E-state index is 5.48. The van der Waals surface area contributed by atoms with Gasteiger partial charge < -0.3 is 9.80 Å². The summed E-state index contributed by atoms with van der Waals surface area (Å²) in [5.74, 6) is 1.33. The molecule has 2 aliphatic rings. The standard InChI is InChI=1S/C72H56N6Si2/c1-79(2)67-37-21-17-33-63(67)77(64-34-18-22-38-68(64)79)57-43-53(41-55(45-57)61-47-59(49-25-9-5-10-26-49)73-71(75-61)51-29-13-7-14-30-51)54-42-56(62-48-60(50-27-11-6-12-28-50)74-72(76-62)52-31-15-8-16-32-52)46-58(44-54)78-65-35-19-23-39-69(65)80(3,4)70-40-24-20-36-66(70)78/h5-48H,1-4H3. The van der Waals surface area contributed by atoms with Gasteiger partial charge in [0.1, 0.15) is 16.1 Å². The van der Waals surface area contributed by atoms with Crippen LogP contribution in [0.4, 0.5) is 34.1 Å². The summed E-state index contributed by atoms with van der Waals surface area (Å²) in [4.78, 5) is 26.4. The molecule has 0 spiro atoms. The highest BCUT2D eigenvalue weighted by Gasteiger charge is 2.40. The van der Waals surface area contributed by atoms with Gasteiger partial charge in [0.25, 0.3) is 0 Å². The SMILES string of the molecule is C[Si]1(C)c2ccccc2N(c2cc(-c3cc(-c4cc(-c5ccccc5)nc(-c5ccccc5)n4)cc(N4c5ccccc5[Si](C)(C)c5ccccc54)c3)cc(-c3cc(-c4ccccc4)nc(-c4ccccc4)n3)c2)c2ccccc21. The Kier molecular flexibility index (Phi) is 12.0. The van der Waals surface area contributed by atoms with Gasteiger partial charge in [-0.05, 0) is 105 Å². The van der Waals surface area contributed by atoms with E-state index in [4.69, 9.17) is 19.9 Å². The van der Waals surface area contributed by atoms with Crippen molar-refractivity contribution in [3.63, 3.8) is 0 Å². The van der Waals surface area contributed by atoms with Gasteiger partial charge in [-0.1, -0.05) is 220 Å². The zero-order chi connectivity index (χ0) is 54.0. The Morgan fingerprint density at radius 2 is 0.487 bits per heavy atom. The number of aromatic nitrogens is 4. The van der Waals surface area contributed by atoms with Crippen LogP contribution in [0, 0.1) is 0 Å². The first-order valence-corrected chi connectivity index (χ1v) is 33.5. The van der Waals surface area contributed by atoms with Crippen LogP contribution in [0.5, 0.6) is 0 Å². The highest BCUT2D eigenvalue weighted by molar-refractivity contribution is 7.03. The normalized spacial score (nSPS) is 13.7. The Morgan fingerprint density at radius 1 is 0.237 bits per heavy atom. The largest absolute Gasteiger partial charge is 0.311 e. The summed E-state index contributed by atoms with van der Waals surface area (Å²) in [5, 5.41) is 5.60. The molecule has 0 bridgehead atoms. The molecule has 0 saturated heterocycles. The lowest BCUT2D eigenvalue weighted by Gasteiger charge is -2.41. The van der Waals surface area contributed by atoms with Gasteiger partial charge in [0.15, 0.2) is 11.6 Å². The Bertz CT molecular complexity index is 3830. The van der Waals surface area contributed by atoms with Crippen molar-refractivity contribution in [1.82, 2.24) is 19.9 Å². The molecule has 382 valence electrons. The van der Waals surface area contributed by atoms with Crippen molar-refractivity contribution in [2.45, 2.75) is 26.2 Å². The highest BCUT2D eigenvalue weighted by Crippen LogP contribution is 2.46. The minimum atomic E-state index is -2.13. The molecular formula is C72H56N6Si2. The van der Waals surface area contributed by atoms with E-state index in [0.717, 1.165) is 78.7 Å². The van der Waals surface area contributed by atoms with Crippen LogP contribution < -0.4 is 30.5 Å². The number of anilines is 6. The fraction of sp³-hybridized carbons (Fsp3) is 0.0556. The summed E-state index contributed by atoms with van der Waals surface area (Å²) in [6, 6.07) is 96.1. The molecule has 8 heteroatoms. The fourth-order valence-corrected chi connectivity index (χ4v) is 18.1. The van der Waals surface area contributed by atoms with Gasteiger partial charge in [-0.15, -0.1) is 0 Å². The van der Waals surface area contributed by atoms with Crippen LogP contribution in [0.3, 0.4) is 0 Å². The molecule has 2 aliphatic heterocycles. The number of hydrogen-bond acceptors (Lipinski definition) is 6. The molecule has 10 aromatic carbocycles. The van der Waals surface area contributed by atoms with E-state index in [9.17, 15) is 0 Å². The van der Waals surface area contributed by atoms with Crippen molar-refractivity contribution < 1.29 is 0 Å². The van der Waals surface area contributed by atoms with Crippen molar-refractivity contribution in [3.8, 4) is 78.9 Å². The molecule has 0 N–H and O–H groups in total. The van der Waals surface area contributed by atoms with Crippen LogP contribution in [-0.4, -0.2) is 36.1 Å². The van der Waals surface area contributed by atoms with Crippen molar-refractivity contribution in [3.05, 3.63) is 267 Å². The molecule has 0 unspecified atom stereocenters. The number of fused-ring (bicyclic) bond motifs is 4. The van der Waals surface area contributed by atoms with Crippen LogP contribution in [0.25, 0.3) is 78.9 Å². The molecule has 6 nitrogen and oxygen atoms in total. The first-order chi connectivity index (χ1) is 39.2. The molecule has 12 aromatic rings. The van der Waals surface area contributed by atoms with Gasteiger partial charge in [0.05, 0.1) is 22.8 Å². The smallest absolute Gasteiger partial charge is 0.160 e. The Labute approximate surface area is 470 Å². The highest BCUT2D eigenvalue weighted by atomic mass is 28.3. The van der Waals surface area contributed by atoms with E-state index in [2.05, 4.69) is 291 Å². The van der Waals surface area contributed by atoms with E-state index in [1.54, 1.807) is 0 Å². The monoisotopic (exact) mass is 1060 g/mol. The van der Waals surface area contributed by atoms with Crippen molar-refractivity contribution >= 4 is 71.0 Å². The van der Waals surface area contributed by atoms with E-state index in [0.29, 0.717) is 11.6 Å². The first-order valence-electron chi connectivity index (χ1n) is 27.5. The predicted octanol–water partition coefficient (Wildman–Crippen LogP) is 16.1. The Balaban J connectivity index is 1.07. The third-order valence-corrected chi connectivity index (χ3v) is 23.3. The predicted molar refractivity (Wildman–Crippen MR) is 339 cm³/mol. The Morgan fingerprint density at radius 3 is 0.800 bits per heavy atom. The van der Waals surface area contributed by atoms with Gasteiger partial charge in [-0.3, -0.25) is 0 Å². The van der Waals surface area contributed by atoms with E-state index in [1.807, 2.05) is 12.1 Å². The molecule has 14 rings (SSSR count). The van der Waals surface area contributed by atoms with Crippen molar-refractivity contribution in [2.24, 2.45) is 0 Å². The summed E-state index contributed by atoms with van der Waals surface area (Å²) in [7, 11) is -4.25. The van der Waals surface area contributed by atoms with Crippen LogP contribution in [0.15, 0.2) is 267 Å². The molecule has 4 heterocycles. The summed E-state index contributed by atoms with van der Waals surface area (Å²) in [6.45, 7) is 9.92. The second-order valence-corrected chi connectivity index (χ2v) is 30.6. The molecule has 0 saturated carbocycles. The first kappa shape index (κ1) is 48.7. The lowest BCUT2D eigenvalue weighted by atomic mass is 9.95. The van der Waals surface area contributed by atoms with Crippen molar-refractivity contribution in [1.29, 1.82) is 0 Å². The van der Waals surface area contributed by atoms with Crippen LogP contribution in [0.1, 0.15) is 0 Å². The zero-order valence-corrected chi connectivity index (χ0v) is 47.1. The van der Waals surface area contributed by atoms with Gasteiger partial charge in [0.2, 0.25) is 0 Å². The number of rotatable bonds is 9. The zero-order valence-electron chi connectivity index (χ0n) is 45.1. The second kappa shape index (κ2) is 19.7. The summed E-state index contributed by atoms with van der Waals surface area (Å²) in [5.41, 5.74) is 18.2. The minimum Gasteiger partial charge on any atom is -0.311 e. The fourth-order valence-electron chi connectivity index (χ4n) is 12.1. The number of nitrogens with zero attached hydrogens (tertiary/aromatic N) is 6. The second-order valence-electron chi connectivity index (χ2n) is 21.9. The van der Waals surface area contributed by atoms with Crippen LogP contribution in [-0.2, 0) is 0 Å². The molecule has 80 heavy (non-hydrogen) atoms. The topological polar surface area (TPSA) is 58.0 Å². The van der Waals surface area contributed by atoms with E-state index < -0.39 is 16.1 Å². The average molecular weight is 1060 g/mol. The molecule has 0 atom stereocenters. The number of para-hydroxylation sites is 4. The van der Waals surface area contributed by atoms with Crippen molar-refractivity contribution in [2.75, 3.05) is 9.80 Å². The third-order valence-electron chi connectivity index (χ3n) is 16.2. The van der Waals surface area contributed by atoms with Crippen LogP contribution in [0.2, 0.25) is 26.2 Å². The summed E-state index contributed by atoms with van der Waals surface area (Å²) < 4.78 is 0. The number of benzene rings is 10. The van der Waals surface area contributed by atoms with Gasteiger partial charge >= 0.3 is 0 Å². The third kappa shape index (κ3) is 8.57. The van der Waals surface area contributed by atoms with Gasteiger partial charge in [-0.2, -0.15) is 0 Å². The molecule has 0 radical (unpaired) electrons. The van der Waals surface area contributed by atoms with Crippen LogP contribution >= 0.6 is 0 Å². The molecule has 0 amide bonds. The molecule has 0 fully saturated rings. The maximum atomic E-state index is 5.48. The Hall–Kier alpha value is -9.61. The lowest BCUT2D eigenvalue weighted by Crippen LogP contribution is -2.58. The minimum absolute atomic E-state index is 0.667. The average Bonchev–Trinajstić information content (AvgIpc) is 3.66. The van der Waals surface area contributed by atoms with Gasteiger partial charge in [0, 0.05) is 67.5 Å². The summed E-state index contributed by atoms with van der Waals surface area (Å²) in [6.07, 6.45) is 0. The maximum Gasteiger partial charge on any atom is 0.160 e. The quantitative estimate of drug-likeness (QED) is 0.134. The number of hydrogen-bond donors (Lipinski definition) is 0. The summed E-state index contributed by atoms with van der Waals surface area (Å²) >= 11 is 0.